The number of rotatable bonds is 8. The van der Waals surface area contributed by atoms with E-state index in [4.69, 9.17) is 9.47 Å². The maximum Gasteiger partial charge on any atom is 0.249 e. The zero-order chi connectivity index (χ0) is 44.2. The fourth-order valence-electron chi connectivity index (χ4n) is 5.72. The first kappa shape index (κ1) is 49.7. The number of nitrogens with zero attached hydrogens (tertiary/aromatic N) is 8. The third-order valence-electron chi connectivity index (χ3n) is 8.63. The number of carbonyl (C=O) groups excluding carboxylic acids is 3. The number of methoxy groups -OCH3 is 2. The molecule has 7 rings (SSSR count). The summed E-state index contributed by atoms with van der Waals surface area (Å²) in [5.41, 5.74) is 3.92. The number of imidazole rings is 2. The van der Waals surface area contributed by atoms with Crippen molar-refractivity contribution in [3.8, 4) is 11.5 Å². The summed E-state index contributed by atoms with van der Waals surface area (Å²) in [5, 5.41) is 0.743. The van der Waals surface area contributed by atoms with Crippen LogP contribution in [0.4, 0.5) is 4.39 Å². The minimum atomic E-state index is -0.287. The molecule has 1 atom stereocenters. The highest BCUT2D eigenvalue weighted by Gasteiger charge is 2.27. The summed E-state index contributed by atoms with van der Waals surface area (Å²) < 4.78 is 28.0. The van der Waals surface area contributed by atoms with Crippen LogP contribution < -0.4 is 9.47 Å². The summed E-state index contributed by atoms with van der Waals surface area (Å²) in [5.74, 6) is 1.26. The zero-order valence-electron chi connectivity index (χ0n) is 37.3. The largest absolute Gasteiger partial charge is 0.497 e. The summed E-state index contributed by atoms with van der Waals surface area (Å²) in [6.45, 7) is 16.9. The number of halogens is 1. The molecule has 0 N–H and O–H groups in total. The Morgan fingerprint density at radius 1 is 0.695 bits per heavy atom. The second-order valence-corrected chi connectivity index (χ2v) is 13.7. The van der Waals surface area contributed by atoms with Crippen molar-refractivity contribution in [3.63, 3.8) is 0 Å². The van der Waals surface area contributed by atoms with Crippen molar-refractivity contribution < 1.29 is 28.2 Å². The lowest BCUT2D eigenvalue weighted by Crippen LogP contribution is -2.48. The van der Waals surface area contributed by atoms with Crippen LogP contribution >= 0.6 is 0 Å². The van der Waals surface area contributed by atoms with E-state index in [1.807, 2.05) is 104 Å². The van der Waals surface area contributed by atoms with E-state index in [2.05, 4.69) is 28.7 Å². The van der Waals surface area contributed by atoms with E-state index in [0.717, 1.165) is 57.6 Å². The van der Waals surface area contributed by atoms with Crippen molar-refractivity contribution in [3.05, 3.63) is 85.3 Å². The van der Waals surface area contributed by atoms with Crippen molar-refractivity contribution >= 4 is 50.7 Å². The van der Waals surface area contributed by atoms with E-state index < -0.39 is 0 Å². The van der Waals surface area contributed by atoms with Crippen molar-refractivity contribution in [2.24, 2.45) is 0 Å². The normalized spacial score (nSPS) is 12.3. The SMILES string of the molecule is CC.CC.CCC.CN(C)CC(=O)n1ccc2cc(F)ccc21.COc1ccc2c(c1)ncn2C(=O)CN(C)C.COc1ccc2c(c1)ncn2C(=O)[C@@H](C)N1CCC1. The second kappa shape index (κ2) is 25.1. The Hall–Kier alpha value is -5.44. The van der Waals surface area contributed by atoms with Crippen molar-refractivity contribution in [2.45, 2.75) is 67.3 Å². The average Bonchev–Trinajstić information content (AvgIpc) is 3.95. The molecule has 0 spiro atoms. The minimum absolute atomic E-state index is 0.00247. The molecule has 1 aliphatic rings. The molecule has 4 heterocycles. The molecule has 13 nitrogen and oxygen atoms in total. The van der Waals surface area contributed by atoms with Gasteiger partial charge in [-0.05, 0) is 90.1 Å². The number of benzene rings is 3. The molecule has 6 aromatic rings. The molecule has 0 bridgehead atoms. The molecule has 1 aliphatic heterocycles. The average molecular weight is 817 g/mol. The van der Waals surface area contributed by atoms with E-state index in [-0.39, 0.29) is 29.6 Å². The molecule has 0 aliphatic carbocycles. The topological polar surface area (TPSA) is 120 Å². The maximum atomic E-state index is 13.0. The second-order valence-electron chi connectivity index (χ2n) is 13.7. The molecular formula is C45H65FN8O5. The van der Waals surface area contributed by atoms with Gasteiger partial charge < -0.3 is 19.3 Å². The summed E-state index contributed by atoms with van der Waals surface area (Å²) in [7, 11) is 10.6. The van der Waals surface area contributed by atoms with Crippen LogP contribution in [0.25, 0.3) is 33.0 Å². The van der Waals surface area contributed by atoms with Gasteiger partial charge in [-0.15, -0.1) is 0 Å². The monoisotopic (exact) mass is 817 g/mol. The first-order chi connectivity index (χ1) is 28.3. The number of hydrogen-bond acceptors (Lipinski definition) is 10. The van der Waals surface area contributed by atoms with Crippen LogP contribution in [0.5, 0.6) is 11.5 Å². The third kappa shape index (κ3) is 13.8. The lowest BCUT2D eigenvalue weighted by atomic mass is 10.1. The van der Waals surface area contributed by atoms with Gasteiger partial charge in [0.05, 0.1) is 60.9 Å². The van der Waals surface area contributed by atoms with Crippen LogP contribution in [0.2, 0.25) is 0 Å². The highest BCUT2D eigenvalue weighted by atomic mass is 19.1. The van der Waals surface area contributed by atoms with Gasteiger partial charge in [0, 0.05) is 36.8 Å². The number of carbonyl (C=O) groups is 3. The van der Waals surface area contributed by atoms with Crippen molar-refractivity contribution in [1.82, 2.24) is 38.4 Å². The number of aromatic nitrogens is 5. The summed E-state index contributed by atoms with van der Waals surface area (Å²) in [6, 6.07) is 17.1. The highest BCUT2D eigenvalue weighted by molar-refractivity contribution is 5.94. The predicted molar refractivity (Wildman–Crippen MR) is 238 cm³/mol. The van der Waals surface area contributed by atoms with E-state index in [0.29, 0.717) is 13.1 Å². The van der Waals surface area contributed by atoms with Gasteiger partial charge in [0.15, 0.2) is 0 Å². The Balaban J connectivity index is 0.000000284. The van der Waals surface area contributed by atoms with Crippen LogP contribution in [-0.4, -0.2) is 131 Å². The first-order valence-corrected chi connectivity index (χ1v) is 20.2. The Morgan fingerprint density at radius 3 is 1.61 bits per heavy atom. The van der Waals surface area contributed by atoms with Gasteiger partial charge in [-0.2, -0.15) is 0 Å². The Kier molecular flexibility index (Phi) is 21.2. The fourth-order valence-corrected chi connectivity index (χ4v) is 5.72. The molecule has 322 valence electrons. The molecule has 0 saturated carbocycles. The summed E-state index contributed by atoms with van der Waals surface area (Å²) in [4.78, 5) is 50.5. The van der Waals surface area contributed by atoms with Gasteiger partial charge in [0.2, 0.25) is 17.7 Å². The maximum absolute atomic E-state index is 13.0. The van der Waals surface area contributed by atoms with Crippen molar-refractivity contribution in [1.29, 1.82) is 0 Å². The van der Waals surface area contributed by atoms with Gasteiger partial charge in [0.25, 0.3) is 0 Å². The molecule has 0 radical (unpaired) electrons. The number of likely N-dealkylation sites (tertiary alicyclic amines) is 1. The predicted octanol–water partition coefficient (Wildman–Crippen LogP) is 8.48. The van der Waals surface area contributed by atoms with Crippen LogP contribution in [0.15, 0.2) is 79.5 Å². The van der Waals surface area contributed by atoms with Gasteiger partial charge >= 0.3 is 0 Å². The van der Waals surface area contributed by atoms with Crippen LogP contribution in [0, 0.1) is 5.82 Å². The van der Waals surface area contributed by atoms with Crippen LogP contribution in [-0.2, 0) is 0 Å². The lowest BCUT2D eigenvalue weighted by molar-refractivity contribution is 0.0646. The number of ether oxygens (including phenoxy) is 2. The Morgan fingerprint density at radius 2 is 1.15 bits per heavy atom. The fraction of sp³-hybridized carbons (Fsp3) is 0.444. The molecule has 1 fully saturated rings. The first-order valence-electron chi connectivity index (χ1n) is 20.2. The van der Waals surface area contributed by atoms with E-state index >= 15 is 0 Å². The van der Waals surface area contributed by atoms with Gasteiger partial charge in [-0.1, -0.05) is 48.0 Å². The van der Waals surface area contributed by atoms with Gasteiger partial charge in [0.1, 0.15) is 30.0 Å². The quantitative estimate of drug-likeness (QED) is 0.148. The number of hydrogen-bond donors (Lipinski definition) is 0. The van der Waals surface area contributed by atoms with Gasteiger partial charge in [-0.3, -0.25) is 33.0 Å². The van der Waals surface area contributed by atoms with Crippen molar-refractivity contribution in [2.75, 3.05) is 68.6 Å². The molecule has 1 saturated heterocycles. The summed E-state index contributed by atoms with van der Waals surface area (Å²) >= 11 is 0. The molecular weight excluding hydrogens is 752 g/mol. The van der Waals surface area contributed by atoms with E-state index in [1.54, 1.807) is 63.8 Å². The van der Waals surface area contributed by atoms with E-state index in [9.17, 15) is 18.8 Å². The van der Waals surface area contributed by atoms with E-state index in [1.165, 1.54) is 25.0 Å². The highest BCUT2D eigenvalue weighted by Crippen LogP contribution is 2.22. The van der Waals surface area contributed by atoms with Crippen LogP contribution in [0.3, 0.4) is 0 Å². The standard InChI is InChI=1S/C14H17N3O2.C12H13FN2O.C12H15N3O2.C3H8.2C2H6/c1-10(16-6-3-7-16)14(18)17-9-15-12-8-11(19-2)4-5-13(12)17;1-14(2)8-12(16)15-6-5-9-7-10(13)3-4-11(9)15;1-14(2)7-12(16)15-8-13-10-6-9(17-3)4-5-11(10)15;1-3-2;2*1-2/h4-5,8-10H,3,6-7H2,1-2H3;3-7H,8H2,1-2H3;4-6,8H,7H2,1-3H3;3H2,1-2H3;2*1-2H3/t10-;;;;;/m1...../s1. The summed E-state index contributed by atoms with van der Waals surface area (Å²) in [6.07, 6.45) is 7.26. The number of fused-ring (bicyclic) bond motifs is 3. The lowest BCUT2D eigenvalue weighted by Gasteiger charge is -2.35. The number of likely N-dealkylation sites (N-methyl/N-ethyl adjacent to an activating group) is 2. The molecule has 3 aromatic carbocycles. The zero-order valence-corrected chi connectivity index (χ0v) is 37.3. The minimum Gasteiger partial charge on any atom is -0.497 e. The Bertz CT molecular complexity index is 2200. The smallest absolute Gasteiger partial charge is 0.249 e. The molecule has 14 heteroatoms. The molecule has 0 amide bonds. The van der Waals surface area contributed by atoms with Crippen LogP contribution in [0.1, 0.15) is 75.7 Å². The Labute approximate surface area is 349 Å². The third-order valence-corrected chi connectivity index (χ3v) is 8.63. The van der Waals surface area contributed by atoms with Gasteiger partial charge in [-0.25, -0.2) is 14.4 Å². The molecule has 59 heavy (non-hydrogen) atoms. The molecule has 0 unspecified atom stereocenters. The molecule has 3 aromatic heterocycles.